The lowest BCUT2D eigenvalue weighted by atomic mass is 9.74. The maximum Gasteiger partial charge on any atom is 0.0412 e. The Balaban J connectivity index is 2.16. The van der Waals surface area contributed by atoms with E-state index in [4.69, 9.17) is 11.5 Å². The molecule has 0 saturated carbocycles. The molecule has 1 aromatic rings. The van der Waals surface area contributed by atoms with E-state index in [1.165, 1.54) is 24.0 Å². The van der Waals surface area contributed by atoms with Crippen molar-refractivity contribution in [2.45, 2.75) is 44.1 Å². The van der Waals surface area contributed by atoms with Crippen molar-refractivity contribution in [3.63, 3.8) is 0 Å². The Morgan fingerprint density at radius 2 is 2.00 bits per heavy atom. The molecule has 0 fully saturated rings. The maximum absolute atomic E-state index is 6.57. The topological polar surface area (TPSA) is 52.0 Å². The van der Waals surface area contributed by atoms with Crippen molar-refractivity contribution in [1.82, 2.24) is 0 Å². The van der Waals surface area contributed by atoms with Crippen LogP contribution in [0.3, 0.4) is 0 Å². The molecule has 1 unspecified atom stereocenters. The van der Waals surface area contributed by atoms with Crippen molar-refractivity contribution in [3.05, 3.63) is 35.4 Å². The highest BCUT2D eigenvalue weighted by molar-refractivity contribution is 5.35. The van der Waals surface area contributed by atoms with Gasteiger partial charge in [-0.1, -0.05) is 30.7 Å². The number of rotatable bonds is 4. The Bertz CT molecular complexity index is 348. The molecule has 1 aliphatic carbocycles. The minimum Gasteiger partial charge on any atom is -0.330 e. The largest absolute Gasteiger partial charge is 0.330 e. The highest BCUT2D eigenvalue weighted by Crippen LogP contribution is 2.36. The van der Waals surface area contributed by atoms with Crippen molar-refractivity contribution in [1.29, 1.82) is 0 Å². The van der Waals surface area contributed by atoms with Crippen molar-refractivity contribution < 1.29 is 0 Å². The van der Waals surface area contributed by atoms with Gasteiger partial charge in [0.05, 0.1) is 0 Å². The number of nitrogens with two attached hydrogens (primary N) is 2. The summed E-state index contributed by atoms with van der Waals surface area (Å²) >= 11 is 0. The van der Waals surface area contributed by atoms with Gasteiger partial charge in [0.15, 0.2) is 0 Å². The molecule has 2 nitrogen and oxygen atoms in total. The maximum atomic E-state index is 6.57. The summed E-state index contributed by atoms with van der Waals surface area (Å²) in [6.07, 6.45) is 6.82. The second-order valence-corrected chi connectivity index (χ2v) is 4.91. The van der Waals surface area contributed by atoms with Crippen LogP contribution < -0.4 is 11.5 Å². The first-order valence-electron chi connectivity index (χ1n) is 6.33. The normalized spacial score (nSPS) is 24.1. The quantitative estimate of drug-likeness (QED) is 0.762. The fourth-order valence-corrected chi connectivity index (χ4v) is 2.80. The van der Waals surface area contributed by atoms with Gasteiger partial charge in [-0.05, 0) is 49.8 Å². The molecule has 1 atom stereocenters. The number of unbranched alkanes of at least 4 members (excludes halogenated alkanes) is 1. The van der Waals surface area contributed by atoms with Crippen LogP contribution in [0.4, 0.5) is 0 Å². The lowest BCUT2D eigenvalue weighted by molar-refractivity contribution is 0.334. The van der Waals surface area contributed by atoms with E-state index < -0.39 is 0 Å². The summed E-state index contributed by atoms with van der Waals surface area (Å²) in [5.41, 5.74) is 14.8. The summed E-state index contributed by atoms with van der Waals surface area (Å²) < 4.78 is 0. The second kappa shape index (κ2) is 4.98. The summed E-state index contributed by atoms with van der Waals surface area (Å²) in [6.45, 7) is 0.776. The highest BCUT2D eigenvalue weighted by Gasteiger charge is 2.31. The Morgan fingerprint density at radius 3 is 2.81 bits per heavy atom. The monoisotopic (exact) mass is 218 g/mol. The van der Waals surface area contributed by atoms with Crippen LogP contribution in [0.15, 0.2) is 24.3 Å². The van der Waals surface area contributed by atoms with Gasteiger partial charge in [-0.15, -0.1) is 0 Å². The van der Waals surface area contributed by atoms with E-state index in [-0.39, 0.29) is 5.54 Å². The van der Waals surface area contributed by atoms with E-state index in [1.807, 2.05) is 0 Å². The number of benzene rings is 1. The summed E-state index contributed by atoms with van der Waals surface area (Å²) in [5.74, 6) is 0. The van der Waals surface area contributed by atoms with E-state index in [9.17, 15) is 0 Å². The molecule has 0 spiro atoms. The Kier molecular flexibility index (Phi) is 3.62. The first-order valence-corrected chi connectivity index (χ1v) is 6.33. The Morgan fingerprint density at radius 1 is 1.19 bits per heavy atom. The molecule has 0 aliphatic heterocycles. The predicted molar refractivity (Wildman–Crippen MR) is 68.2 cm³/mol. The average Bonchev–Trinajstić information content (AvgIpc) is 2.30. The smallest absolute Gasteiger partial charge is 0.0412 e. The van der Waals surface area contributed by atoms with Crippen LogP contribution in [-0.2, 0) is 12.0 Å². The SMILES string of the molecule is NCCCCC1(N)CCCc2ccccc21. The van der Waals surface area contributed by atoms with Gasteiger partial charge in [0.2, 0.25) is 0 Å². The zero-order valence-electron chi connectivity index (χ0n) is 9.91. The molecule has 1 aromatic carbocycles. The molecule has 0 radical (unpaired) electrons. The van der Waals surface area contributed by atoms with E-state index in [1.54, 1.807) is 0 Å². The van der Waals surface area contributed by atoms with E-state index in [0.717, 1.165) is 32.2 Å². The van der Waals surface area contributed by atoms with E-state index in [0.29, 0.717) is 0 Å². The van der Waals surface area contributed by atoms with Crippen molar-refractivity contribution in [2.75, 3.05) is 6.54 Å². The van der Waals surface area contributed by atoms with Crippen molar-refractivity contribution in [2.24, 2.45) is 11.5 Å². The molecule has 0 saturated heterocycles. The second-order valence-electron chi connectivity index (χ2n) is 4.91. The standard InChI is InChI=1S/C14H22N2/c15-11-4-3-9-14(16)10-5-7-12-6-1-2-8-13(12)14/h1-2,6,8H,3-5,7,9-11,15-16H2. The molecule has 0 aromatic heterocycles. The first kappa shape index (κ1) is 11.6. The van der Waals surface area contributed by atoms with Gasteiger partial charge in [0.25, 0.3) is 0 Å². The average molecular weight is 218 g/mol. The molecule has 0 heterocycles. The van der Waals surface area contributed by atoms with Gasteiger partial charge < -0.3 is 11.5 Å². The molecule has 88 valence electrons. The highest BCUT2D eigenvalue weighted by atomic mass is 14.7. The van der Waals surface area contributed by atoms with Gasteiger partial charge in [0.1, 0.15) is 0 Å². The van der Waals surface area contributed by atoms with Crippen molar-refractivity contribution >= 4 is 0 Å². The van der Waals surface area contributed by atoms with Crippen LogP contribution in [0.25, 0.3) is 0 Å². The van der Waals surface area contributed by atoms with Gasteiger partial charge in [0, 0.05) is 5.54 Å². The third-order valence-electron chi connectivity index (χ3n) is 3.70. The molecule has 1 aliphatic rings. The molecule has 4 N–H and O–H groups in total. The van der Waals surface area contributed by atoms with Gasteiger partial charge in [-0.2, -0.15) is 0 Å². The lowest BCUT2D eigenvalue weighted by Crippen LogP contribution is -2.40. The molecular formula is C14H22N2. The molecule has 16 heavy (non-hydrogen) atoms. The summed E-state index contributed by atoms with van der Waals surface area (Å²) in [4.78, 5) is 0. The number of fused-ring (bicyclic) bond motifs is 1. The van der Waals surface area contributed by atoms with Crippen LogP contribution >= 0.6 is 0 Å². The van der Waals surface area contributed by atoms with Crippen LogP contribution in [0.5, 0.6) is 0 Å². The fourth-order valence-electron chi connectivity index (χ4n) is 2.80. The molecular weight excluding hydrogens is 196 g/mol. The van der Waals surface area contributed by atoms with Gasteiger partial charge in [-0.25, -0.2) is 0 Å². The van der Waals surface area contributed by atoms with Gasteiger partial charge >= 0.3 is 0 Å². The van der Waals surface area contributed by atoms with E-state index >= 15 is 0 Å². The molecule has 0 amide bonds. The molecule has 2 rings (SSSR count). The third-order valence-corrected chi connectivity index (χ3v) is 3.70. The fraction of sp³-hybridized carbons (Fsp3) is 0.571. The third kappa shape index (κ3) is 2.28. The zero-order chi connectivity index (χ0) is 11.4. The Hall–Kier alpha value is -0.860. The summed E-state index contributed by atoms with van der Waals surface area (Å²) in [7, 11) is 0. The first-order chi connectivity index (χ1) is 7.76. The number of hydrogen-bond donors (Lipinski definition) is 2. The number of hydrogen-bond acceptors (Lipinski definition) is 2. The summed E-state index contributed by atoms with van der Waals surface area (Å²) in [6, 6.07) is 8.65. The Labute approximate surface area is 98.0 Å². The predicted octanol–water partition coefficient (Wildman–Crippen LogP) is 2.31. The van der Waals surface area contributed by atoms with Crippen LogP contribution in [-0.4, -0.2) is 6.54 Å². The minimum absolute atomic E-state index is 0.0932. The van der Waals surface area contributed by atoms with Crippen LogP contribution in [0.2, 0.25) is 0 Å². The van der Waals surface area contributed by atoms with Gasteiger partial charge in [-0.3, -0.25) is 0 Å². The van der Waals surface area contributed by atoms with E-state index in [2.05, 4.69) is 24.3 Å². The summed E-state index contributed by atoms with van der Waals surface area (Å²) in [5, 5.41) is 0. The minimum atomic E-state index is -0.0932. The molecule has 2 heteroatoms. The van der Waals surface area contributed by atoms with Crippen LogP contribution in [0, 0.1) is 0 Å². The molecule has 0 bridgehead atoms. The van der Waals surface area contributed by atoms with Crippen LogP contribution in [0.1, 0.15) is 43.2 Å². The lowest BCUT2D eigenvalue weighted by Gasteiger charge is -2.36. The zero-order valence-corrected chi connectivity index (χ0v) is 9.91. The van der Waals surface area contributed by atoms with Crippen molar-refractivity contribution in [3.8, 4) is 0 Å². The number of aryl methyl sites for hydroxylation is 1.